The van der Waals surface area contributed by atoms with Crippen molar-refractivity contribution in [3.05, 3.63) is 0 Å². The molecule has 0 bridgehead atoms. The Morgan fingerprint density at radius 2 is 1.52 bits per heavy atom. The predicted molar refractivity (Wildman–Crippen MR) is 68.6 cm³/mol. The molecule has 11 heteroatoms. The second-order valence-electron chi connectivity index (χ2n) is 5.53. The number of rotatable bonds is 5. The average Bonchev–Trinajstić information content (AvgIpc) is 2.82. The molecule has 2 aliphatic heterocycles. The minimum Gasteiger partial charge on any atom is -0.394 e. The summed E-state index contributed by atoms with van der Waals surface area (Å²) in [6.45, 7) is -1.38. The van der Waals surface area contributed by atoms with Crippen molar-refractivity contribution in [3.63, 3.8) is 0 Å². The minimum absolute atomic E-state index is 0.664. The van der Waals surface area contributed by atoms with Crippen molar-refractivity contribution in [1.82, 2.24) is 0 Å². The van der Waals surface area contributed by atoms with Gasteiger partial charge in [-0.3, -0.25) is 0 Å². The summed E-state index contributed by atoms with van der Waals surface area (Å²) in [6, 6.07) is 0. The number of hydrogen-bond acceptors (Lipinski definition) is 11. The van der Waals surface area contributed by atoms with Crippen LogP contribution in [0.1, 0.15) is 0 Å². The van der Waals surface area contributed by atoms with E-state index in [1.54, 1.807) is 0 Å². The molecule has 2 aliphatic rings. The van der Waals surface area contributed by atoms with Crippen LogP contribution in [0.15, 0.2) is 0 Å². The van der Waals surface area contributed by atoms with Crippen LogP contribution in [0.5, 0.6) is 0 Å². The molecule has 136 valence electrons. The summed E-state index contributed by atoms with van der Waals surface area (Å²) in [5.74, 6) is 0. The summed E-state index contributed by atoms with van der Waals surface area (Å²) >= 11 is 0. The van der Waals surface area contributed by atoms with Crippen LogP contribution in [-0.4, -0.2) is 115 Å². The lowest BCUT2D eigenvalue weighted by atomic mass is 9.99. The van der Waals surface area contributed by atoms with Gasteiger partial charge in [-0.2, -0.15) is 0 Å². The third kappa shape index (κ3) is 3.65. The fourth-order valence-electron chi connectivity index (χ4n) is 2.58. The van der Waals surface area contributed by atoms with Crippen molar-refractivity contribution in [1.29, 1.82) is 0 Å². The standard InChI is InChI=1S/C12H22O11/c13-1-3(15)9-8(19)10(11(20)22-9)23-12-7(18)6(17)5(16)4(2-14)21-12/h3-20H,1-2H2/t3-,4-,5-,6+,7-,8+,9+,10-,11?,12-/m1/s1. The van der Waals surface area contributed by atoms with Gasteiger partial charge in [-0.25, -0.2) is 0 Å². The van der Waals surface area contributed by atoms with E-state index in [0.717, 1.165) is 0 Å². The molecule has 0 aromatic heterocycles. The molecule has 11 nitrogen and oxygen atoms in total. The molecule has 0 saturated carbocycles. The van der Waals surface area contributed by atoms with E-state index in [0.29, 0.717) is 0 Å². The highest BCUT2D eigenvalue weighted by Gasteiger charge is 2.51. The topological polar surface area (TPSA) is 190 Å². The molecule has 2 rings (SSSR count). The van der Waals surface area contributed by atoms with Crippen molar-refractivity contribution < 1.29 is 55.1 Å². The van der Waals surface area contributed by atoms with Crippen LogP contribution in [0.25, 0.3) is 0 Å². The normalized spacial score (nSPS) is 49.3. The van der Waals surface area contributed by atoms with E-state index in [-0.39, 0.29) is 0 Å². The van der Waals surface area contributed by atoms with Gasteiger partial charge in [-0.15, -0.1) is 0 Å². The molecule has 0 aromatic rings. The lowest BCUT2D eigenvalue weighted by Gasteiger charge is -2.40. The van der Waals surface area contributed by atoms with Crippen LogP contribution in [0, 0.1) is 0 Å². The molecule has 8 N–H and O–H groups in total. The highest BCUT2D eigenvalue weighted by atomic mass is 16.7. The zero-order valence-corrected chi connectivity index (χ0v) is 12.0. The number of ether oxygens (including phenoxy) is 3. The first-order valence-corrected chi connectivity index (χ1v) is 7.08. The van der Waals surface area contributed by atoms with Crippen LogP contribution in [0.2, 0.25) is 0 Å². The summed E-state index contributed by atoms with van der Waals surface area (Å²) < 4.78 is 15.2. The SMILES string of the molecule is OC[C@@H](O)[C@@H]1OC(O)[C@H](O[C@H]2O[C@H](CO)[C@@H](O)[C@H](O)[C@H]2O)[C@H]1O. The molecule has 0 radical (unpaired) electrons. The van der Waals surface area contributed by atoms with Gasteiger partial charge < -0.3 is 55.1 Å². The predicted octanol–water partition coefficient (Wildman–Crippen LogP) is -5.40. The zero-order chi connectivity index (χ0) is 17.3. The van der Waals surface area contributed by atoms with Crippen LogP contribution >= 0.6 is 0 Å². The average molecular weight is 342 g/mol. The van der Waals surface area contributed by atoms with Gasteiger partial charge in [0.25, 0.3) is 0 Å². The number of aliphatic hydroxyl groups is 8. The zero-order valence-electron chi connectivity index (χ0n) is 12.0. The van der Waals surface area contributed by atoms with Gasteiger partial charge in [0.1, 0.15) is 48.8 Å². The van der Waals surface area contributed by atoms with E-state index in [9.17, 15) is 30.6 Å². The smallest absolute Gasteiger partial charge is 0.187 e. The fourth-order valence-corrected chi connectivity index (χ4v) is 2.58. The maximum Gasteiger partial charge on any atom is 0.187 e. The van der Waals surface area contributed by atoms with Gasteiger partial charge in [0, 0.05) is 0 Å². The third-order valence-corrected chi connectivity index (χ3v) is 3.96. The molecular weight excluding hydrogens is 320 g/mol. The van der Waals surface area contributed by atoms with Gasteiger partial charge in [-0.05, 0) is 0 Å². The molecule has 23 heavy (non-hydrogen) atoms. The number of aliphatic hydroxyl groups excluding tert-OH is 8. The summed E-state index contributed by atoms with van der Waals surface area (Å²) in [5, 5.41) is 76.3. The molecule has 0 amide bonds. The Hall–Kier alpha value is -0.440. The minimum atomic E-state index is -1.71. The van der Waals surface area contributed by atoms with E-state index in [1.807, 2.05) is 0 Å². The Bertz CT molecular complexity index is 380. The first-order valence-electron chi connectivity index (χ1n) is 7.08. The molecular formula is C12H22O11. The Labute approximate surface area is 130 Å². The molecule has 0 aromatic carbocycles. The summed E-state index contributed by atoms with van der Waals surface area (Å²) in [5.41, 5.74) is 0. The lowest BCUT2D eigenvalue weighted by molar-refractivity contribution is -0.324. The second-order valence-corrected chi connectivity index (χ2v) is 5.53. The first-order chi connectivity index (χ1) is 10.8. The highest BCUT2D eigenvalue weighted by molar-refractivity contribution is 4.94. The molecule has 2 fully saturated rings. The van der Waals surface area contributed by atoms with Gasteiger partial charge in [-0.1, -0.05) is 0 Å². The van der Waals surface area contributed by atoms with Crippen LogP contribution < -0.4 is 0 Å². The van der Waals surface area contributed by atoms with Crippen LogP contribution in [0.4, 0.5) is 0 Å². The van der Waals surface area contributed by atoms with Crippen molar-refractivity contribution in [2.75, 3.05) is 13.2 Å². The van der Waals surface area contributed by atoms with Crippen LogP contribution in [0.3, 0.4) is 0 Å². The number of hydrogen-bond donors (Lipinski definition) is 8. The van der Waals surface area contributed by atoms with E-state index in [4.69, 9.17) is 24.4 Å². The van der Waals surface area contributed by atoms with E-state index in [1.165, 1.54) is 0 Å². The quantitative estimate of drug-likeness (QED) is 0.238. The highest BCUT2D eigenvalue weighted by Crippen LogP contribution is 2.29. The van der Waals surface area contributed by atoms with Crippen molar-refractivity contribution >= 4 is 0 Å². The van der Waals surface area contributed by atoms with E-state index in [2.05, 4.69) is 0 Å². The maximum absolute atomic E-state index is 10.00. The monoisotopic (exact) mass is 342 g/mol. The lowest BCUT2D eigenvalue weighted by Crippen LogP contribution is -2.60. The fraction of sp³-hybridized carbons (Fsp3) is 1.00. The molecule has 2 saturated heterocycles. The van der Waals surface area contributed by atoms with E-state index >= 15 is 0 Å². The summed E-state index contributed by atoms with van der Waals surface area (Å²) in [4.78, 5) is 0. The van der Waals surface area contributed by atoms with Gasteiger partial charge in [0.15, 0.2) is 12.6 Å². The van der Waals surface area contributed by atoms with Gasteiger partial charge in [0.05, 0.1) is 13.2 Å². The van der Waals surface area contributed by atoms with Crippen LogP contribution in [-0.2, 0) is 14.2 Å². The van der Waals surface area contributed by atoms with E-state index < -0.39 is 74.6 Å². The Morgan fingerprint density at radius 3 is 2.09 bits per heavy atom. The third-order valence-electron chi connectivity index (χ3n) is 3.96. The molecule has 2 heterocycles. The molecule has 1 unspecified atom stereocenters. The van der Waals surface area contributed by atoms with Gasteiger partial charge >= 0.3 is 0 Å². The summed E-state index contributed by atoms with van der Waals surface area (Å²) in [7, 11) is 0. The van der Waals surface area contributed by atoms with Crippen molar-refractivity contribution in [2.45, 2.75) is 61.4 Å². The van der Waals surface area contributed by atoms with Crippen molar-refractivity contribution in [2.24, 2.45) is 0 Å². The molecule has 0 spiro atoms. The summed E-state index contributed by atoms with van der Waals surface area (Å²) in [6.07, 6.45) is -15.3. The Balaban J connectivity index is 2.05. The van der Waals surface area contributed by atoms with Gasteiger partial charge in [0.2, 0.25) is 0 Å². The molecule has 10 atom stereocenters. The molecule has 0 aliphatic carbocycles. The maximum atomic E-state index is 10.00. The second kappa shape index (κ2) is 7.63. The first kappa shape index (κ1) is 18.9. The largest absolute Gasteiger partial charge is 0.394 e. The Morgan fingerprint density at radius 1 is 0.870 bits per heavy atom. The Kier molecular flexibility index (Phi) is 6.27. The van der Waals surface area contributed by atoms with Crippen molar-refractivity contribution in [3.8, 4) is 0 Å².